The second-order valence-corrected chi connectivity index (χ2v) is 8.89. The van der Waals surface area contributed by atoms with Crippen LogP contribution in [0.5, 0.6) is 11.6 Å². The molecular formula is C25H25ClN3O2S+. The highest BCUT2D eigenvalue weighted by atomic mass is 35.5. The molecule has 0 saturated heterocycles. The van der Waals surface area contributed by atoms with E-state index in [0.717, 1.165) is 39.4 Å². The van der Waals surface area contributed by atoms with E-state index in [9.17, 15) is 0 Å². The van der Waals surface area contributed by atoms with Gasteiger partial charge in [-0.3, -0.25) is 5.10 Å². The van der Waals surface area contributed by atoms with Gasteiger partial charge in [-0.15, -0.1) is 5.10 Å². The first kappa shape index (κ1) is 22.3. The monoisotopic (exact) mass is 466 g/mol. The van der Waals surface area contributed by atoms with E-state index in [-0.39, 0.29) is 0 Å². The van der Waals surface area contributed by atoms with Gasteiger partial charge in [0.2, 0.25) is 5.88 Å². The van der Waals surface area contributed by atoms with E-state index < -0.39 is 0 Å². The minimum atomic E-state index is 0.509. The van der Waals surface area contributed by atoms with E-state index in [4.69, 9.17) is 20.5 Å². The summed E-state index contributed by atoms with van der Waals surface area (Å²) in [4.78, 5) is 1.08. The number of benzene rings is 3. The fourth-order valence-corrected chi connectivity index (χ4v) is 4.30. The van der Waals surface area contributed by atoms with Crippen LogP contribution in [0.2, 0.25) is 5.02 Å². The molecule has 0 aliphatic rings. The summed E-state index contributed by atoms with van der Waals surface area (Å²) in [5, 5.41) is 11.5. The number of H-pyrrole nitrogens is 1. The molecule has 0 spiro atoms. The smallest absolute Gasteiger partial charge is 0.238 e. The van der Waals surface area contributed by atoms with Crippen molar-refractivity contribution in [1.82, 2.24) is 10.2 Å². The van der Waals surface area contributed by atoms with Gasteiger partial charge in [-0.1, -0.05) is 35.9 Å². The number of hydrogen-bond donors (Lipinski definition) is 2. The minimum Gasteiger partial charge on any atom is -0.438 e. The van der Waals surface area contributed by atoms with E-state index in [2.05, 4.69) is 53.6 Å². The standard InChI is InChI=1S/C25H24ClN3O2S/c1-16-6-4-7-17(2)25(16)23-14-24(29-28-23)31-20-10-11-22(26)18(12-20)15-27-19-8-5-9-21(13-19)32-30-3/h4-14,27H,15H2,1-3H3,(H,28,29)/p+1. The highest BCUT2D eigenvalue weighted by Gasteiger charge is 2.11. The largest absolute Gasteiger partial charge is 0.438 e. The van der Waals surface area contributed by atoms with Crippen LogP contribution in [0.4, 0.5) is 5.69 Å². The number of ether oxygens (including phenoxy) is 1. The second kappa shape index (κ2) is 10.1. The number of nitrogens with zero attached hydrogens (tertiary/aromatic N) is 1. The minimum absolute atomic E-state index is 0.509. The van der Waals surface area contributed by atoms with Crippen LogP contribution in [0.1, 0.15) is 16.7 Å². The molecule has 0 saturated carbocycles. The van der Waals surface area contributed by atoms with E-state index in [1.54, 1.807) is 7.11 Å². The molecule has 4 aromatic rings. The SMILES string of the molecule is CO[SH+]c1cccc(NCc2cc(Oc3cc(-c4c(C)cccc4C)[nH]n3)ccc2Cl)c1. The molecule has 0 radical (unpaired) electrons. The van der Waals surface area contributed by atoms with Crippen LogP contribution in [0, 0.1) is 13.8 Å². The van der Waals surface area contributed by atoms with Gasteiger partial charge in [0, 0.05) is 35.0 Å². The lowest BCUT2D eigenvalue weighted by molar-refractivity contribution is 0.461. The van der Waals surface area contributed by atoms with Crippen molar-refractivity contribution in [2.75, 3.05) is 12.4 Å². The Hall–Kier alpha value is -2.93. The summed E-state index contributed by atoms with van der Waals surface area (Å²) in [7, 11) is 1.68. The lowest BCUT2D eigenvalue weighted by Gasteiger charge is -2.10. The maximum absolute atomic E-state index is 6.43. The van der Waals surface area contributed by atoms with E-state index in [0.29, 0.717) is 23.2 Å². The molecule has 7 heteroatoms. The Balaban J connectivity index is 1.48. The molecule has 164 valence electrons. The van der Waals surface area contributed by atoms with Crippen molar-refractivity contribution in [3.05, 3.63) is 88.4 Å². The van der Waals surface area contributed by atoms with Crippen LogP contribution in [0.15, 0.2) is 71.6 Å². The summed E-state index contributed by atoms with van der Waals surface area (Å²) in [5.41, 5.74) is 6.39. The molecule has 32 heavy (non-hydrogen) atoms. The number of rotatable bonds is 8. The number of hydrogen-bond acceptors (Lipinski definition) is 4. The molecule has 0 bridgehead atoms. The molecule has 0 amide bonds. The van der Waals surface area contributed by atoms with Crippen LogP contribution >= 0.6 is 11.6 Å². The quantitative estimate of drug-likeness (QED) is 0.230. The van der Waals surface area contributed by atoms with Gasteiger partial charge in [-0.25, -0.2) is 0 Å². The summed E-state index contributed by atoms with van der Waals surface area (Å²) in [6.07, 6.45) is 0. The summed E-state index contributed by atoms with van der Waals surface area (Å²) >= 11 is 7.25. The molecular weight excluding hydrogens is 442 g/mol. The maximum atomic E-state index is 6.43. The van der Waals surface area contributed by atoms with Gasteiger partial charge in [0.25, 0.3) is 0 Å². The number of halogens is 1. The third-order valence-corrected chi connectivity index (χ3v) is 6.11. The maximum Gasteiger partial charge on any atom is 0.238 e. The Morgan fingerprint density at radius 1 is 1.00 bits per heavy atom. The number of thiol groups is 1. The summed E-state index contributed by atoms with van der Waals surface area (Å²) < 4.78 is 11.2. The van der Waals surface area contributed by atoms with Crippen LogP contribution in [-0.4, -0.2) is 17.3 Å². The van der Waals surface area contributed by atoms with Gasteiger partial charge in [-0.2, -0.15) is 4.18 Å². The van der Waals surface area contributed by atoms with Crippen molar-refractivity contribution in [3.63, 3.8) is 0 Å². The highest BCUT2D eigenvalue weighted by Crippen LogP contribution is 2.31. The van der Waals surface area contributed by atoms with E-state index >= 15 is 0 Å². The third-order valence-electron chi connectivity index (χ3n) is 5.07. The molecule has 4 rings (SSSR count). The van der Waals surface area contributed by atoms with Crippen LogP contribution in [0.3, 0.4) is 0 Å². The number of nitrogens with one attached hydrogen (secondary N) is 2. The van der Waals surface area contributed by atoms with Crippen LogP contribution in [0.25, 0.3) is 11.3 Å². The van der Waals surface area contributed by atoms with Crippen molar-refractivity contribution in [2.45, 2.75) is 25.3 Å². The lowest BCUT2D eigenvalue weighted by atomic mass is 10.0. The van der Waals surface area contributed by atoms with Gasteiger partial charge in [-0.05, 0) is 60.9 Å². The first-order chi connectivity index (χ1) is 15.5. The fraction of sp³-hybridized carbons (Fsp3) is 0.160. The first-order valence-electron chi connectivity index (χ1n) is 10.2. The molecule has 5 nitrogen and oxygen atoms in total. The van der Waals surface area contributed by atoms with Crippen molar-refractivity contribution in [3.8, 4) is 22.9 Å². The Labute approximate surface area is 197 Å². The Kier molecular flexibility index (Phi) is 7.05. The van der Waals surface area contributed by atoms with Gasteiger partial charge >= 0.3 is 0 Å². The number of aromatic nitrogens is 2. The predicted molar refractivity (Wildman–Crippen MR) is 133 cm³/mol. The van der Waals surface area contributed by atoms with Gasteiger partial charge in [0.15, 0.2) is 16.9 Å². The predicted octanol–water partition coefficient (Wildman–Crippen LogP) is 6.49. The fourth-order valence-electron chi connectivity index (χ4n) is 3.57. The normalized spacial score (nSPS) is 10.9. The third kappa shape index (κ3) is 5.27. The van der Waals surface area contributed by atoms with Gasteiger partial charge in [0.05, 0.1) is 12.8 Å². The zero-order chi connectivity index (χ0) is 22.5. The first-order valence-corrected chi connectivity index (χ1v) is 11.4. The number of aryl methyl sites for hydroxylation is 2. The van der Waals surface area contributed by atoms with Crippen molar-refractivity contribution >= 4 is 29.3 Å². The zero-order valence-electron chi connectivity index (χ0n) is 18.1. The zero-order valence-corrected chi connectivity index (χ0v) is 19.8. The highest BCUT2D eigenvalue weighted by molar-refractivity contribution is 7.73. The second-order valence-electron chi connectivity index (χ2n) is 7.42. The average molecular weight is 467 g/mol. The summed E-state index contributed by atoms with van der Waals surface area (Å²) in [5.74, 6) is 1.19. The number of anilines is 1. The molecule has 2 N–H and O–H groups in total. The molecule has 1 aromatic heterocycles. The molecule has 0 aliphatic heterocycles. The van der Waals surface area contributed by atoms with E-state index in [1.165, 1.54) is 11.1 Å². The molecule has 1 heterocycles. The van der Waals surface area contributed by atoms with E-state index in [1.807, 2.05) is 42.5 Å². The molecule has 0 aliphatic carbocycles. The molecule has 3 aromatic carbocycles. The molecule has 0 unspecified atom stereocenters. The topological polar surface area (TPSA) is 59.2 Å². The Morgan fingerprint density at radius 3 is 2.56 bits per heavy atom. The van der Waals surface area contributed by atoms with Crippen molar-refractivity contribution in [1.29, 1.82) is 0 Å². The van der Waals surface area contributed by atoms with Crippen LogP contribution < -0.4 is 10.1 Å². The average Bonchev–Trinajstić information content (AvgIpc) is 3.22. The van der Waals surface area contributed by atoms with Gasteiger partial charge < -0.3 is 10.1 Å². The summed E-state index contributed by atoms with van der Waals surface area (Å²) in [6.45, 7) is 4.75. The Morgan fingerprint density at radius 2 is 1.78 bits per heavy atom. The summed E-state index contributed by atoms with van der Waals surface area (Å²) in [6, 6.07) is 21.9. The Bertz CT molecular complexity index is 1210. The van der Waals surface area contributed by atoms with Crippen LogP contribution in [-0.2, 0) is 22.8 Å². The lowest BCUT2D eigenvalue weighted by Crippen LogP contribution is -2.01. The molecule has 0 atom stereocenters. The van der Waals surface area contributed by atoms with Crippen molar-refractivity contribution < 1.29 is 8.92 Å². The van der Waals surface area contributed by atoms with Gasteiger partial charge in [0.1, 0.15) is 5.75 Å². The van der Waals surface area contributed by atoms with Crippen molar-refractivity contribution in [2.24, 2.45) is 0 Å². The molecule has 0 fully saturated rings. The number of aromatic amines is 1.